The zero-order valence-electron chi connectivity index (χ0n) is 11.3. The molecule has 0 spiro atoms. The Balaban J connectivity index is 2.35. The molecule has 0 saturated heterocycles. The van der Waals surface area contributed by atoms with Gasteiger partial charge in [0.25, 0.3) is 0 Å². The van der Waals surface area contributed by atoms with Crippen molar-refractivity contribution in [3.8, 4) is 5.75 Å². The van der Waals surface area contributed by atoms with Crippen LogP contribution in [0.15, 0.2) is 30.3 Å². The van der Waals surface area contributed by atoms with Gasteiger partial charge in [-0.2, -0.15) is 0 Å². The van der Waals surface area contributed by atoms with Gasteiger partial charge in [0, 0.05) is 12.6 Å². The highest BCUT2D eigenvalue weighted by molar-refractivity contribution is 5.91. The summed E-state index contributed by atoms with van der Waals surface area (Å²) in [7, 11) is 0. The van der Waals surface area contributed by atoms with Crippen molar-refractivity contribution >= 4 is 12.0 Å². The molecule has 0 radical (unpaired) electrons. The van der Waals surface area contributed by atoms with E-state index in [1.807, 2.05) is 13.8 Å². The summed E-state index contributed by atoms with van der Waals surface area (Å²) in [6.07, 6.45) is 3.20. The first-order chi connectivity index (χ1) is 8.99. The molecule has 0 aliphatic heterocycles. The topological polar surface area (TPSA) is 69.6 Å². The van der Waals surface area contributed by atoms with Crippen LogP contribution in [0.1, 0.15) is 25.8 Å². The molecule has 0 aromatic heterocycles. The Morgan fingerprint density at radius 2 is 2.16 bits per heavy atom. The Bertz CT molecular complexity index is 441. The van der Waals surface area contributed by atoms with E-state index in [0.717, 1.165) is 5.56 Å². The summed E-state index contributed by atoms with van der Waals surface area (Å²) in [4.78, 5) is 11.5. The summed E-state index contributed by atoms with van der Waals surface area (Å²) in [5.41, 5.74) is 0.761. The monoisotopic (exact) mass is 263 g/mol. The lowest BCUT2D eigenvalue weighted by Gasteiger charge is -2.13. The number of hydrogen-bond donors (Lipinski definition) is 3. The van der Waals surface area contributed by atoms with Gasteiger partial charge in [0.05, 0.1) is 6.10 Å². The summed E-state index contributed by atoms with van der Waals surface area (Å²) in [5, 5.41) is 21.6. The van der Waals surface area contributed by atoms with Crippen molar-refractivity contribution in [2.75, 3.05) is 6.54 Å². The molecule has 4 nitrogen and oxygen atoms in total. The van der Waals surface area contributed by atoms with Gasteiger partial charge in [0.2, 0.25) is 5.91 Å². The molecule has 0 saturated carbocycles. The van der Waals surface area contributed by atoms with Crippen LogP contribution in [0, 0.1) is 5.92 Å². The number of aliphatic hydroxyl groups is 1. The molecule has 4 heteroatoms. The van der Waals surface area contributed by atoms with Crippen LogP contribution in [0.4, 0.5) is 0 Å². The van der Waals surface area contributed by atoms with Gasteiger partial charge in [0.15, 0.2) is 0 Å². The summed E-state index contributed by atoms with van der Waals surface area (Å²) in [6, 6.07) is 6.66. The highest BCUT2D eigenvalue weighted by atomic mass is 16.3. The second kappa shape index (κ2) is 7.59. The zero-order valence-corrected chi connectivity index (χ0v) is 11.3. The molecule has 1 rings (SSSR count). The normalized spacial score (nSPS) is 12.8. The third kappa shape index (κ3) is 6.06. The van der Waals surface area contributed by atoms with E-state index >= 15 is 0 Å². The van der Waals surface area contributed by atoms with Crippen molar-refractivity contribution in [3.63, 3.8) is 0 Å². The number of aliphatic hydroxyl groups excluding tert-OH is 1. The maximum atomic E-state index is 11.5. The fourth-order valence-electron chi connectivity index (χ4n) is 1.54. The minimum absolute atomic E-state index is 0.169. The Morgan fingerprint density at radius 3 is 2.79 bits per heavy atom. The van der Waals surface area contributed by atoms with Crippen molar-refractivity contribution in [1.29, 1.82) is 0 Å². The van der Waals surface area contributed by atoms with E-state index in [-0.39, 0.29) is 17.6 Å². The number of aromatic hydroxyl groups is 1. The highest BCUT2D eigenvalue weighted by Crippen LogP contribution is 2.11. The van der Waals surface area contributed by atoms with E-state index < -0.39 is 6.10 Å². The van der Waals surface area contributed by atoms with Crippen LogP contribution in [0.3, 0.4) is 0 Å². The predicted octanol–water partition coefficient (Wildman–Crippen LogP) is 1.93. The fraction of sp³-hybridized carbons (Fsp3) is 0.400. The van der Waals surface area contributed by atoms with Gasteiger partial charge in [-0.25, -0.2) is 0 Å². The Labute approximate surface area is 113 Å². The molecule has 1 unspecified atom stereocenters. The largest absolute Gasteiger partial charge is 0.508 e. The number of benzene rings is 1. The number of rotatable bonds is 6. The number of phenols is 1. The molecule has 0 heterocycles. The molecule has 104 valence electrons. The summed E-state index contributed by atoms with van der Waals surface area (Å²) >= 11 is 0. The molecule has 0 aliphatic rings. The third-order valence-corrected chi connectivity index (χ3v) is 2.81. The molecule has 0 fully saturated rings. The average Bonchev–Trinajstić information content (AvgIpc) is 2.36. The molecule has 0 aliphatic carbocycles. The first-order valence-corrected chi connectivity index (χ1v) is 6.42. The van der Waals surface area contributed by atoms with Crippen molar-refractivity contribution < 1.29 is 15.0 Å². The van der Waals surface area contributed by atoms with Crippen molar-refractivity contribution in [3.05, 3.63) is 35.9 Å². The summed E-state index contributed by atoms with van der Waals surface area (Å²) < 4.78 is 0. The molecule has 1 aromatic rings. The molecule has 0 bridgehead atoms. The second-order valence-corrected chi connectivity index (χ2v) is 4.82. The number of hydrogen-bond acceptors (Lipinski definition) is 3. The maximum absolute atomic E-state index is 11.5. The van der Waals surface area contributed by atoms with Crippen LogP contribution in [-0.2, 0) is 4.79 Å². The van der Waals surface area contributed by atoms with Crippen LogP contribution in [-0.4, -0.2) is 28.8 Å². The lowest BCUT2D eigenvalue weighted by molar-refractivity contribution is -0.116. The fourth-order valence-corrected chi connectivity index (χ4v) is 1.54. The van der Waals surface area contributed by atoms with Crippen molar-refractivity contribution in [2.45, 2.75) is 26.4 Å². The molecule has 3 N–H and O–H groups in total. The number of amides is 1. The quantitative estimate of drug-likeness (QED) is 0.687. The number of carbonyl (C=O) groups excluding carboxylic acids is 1. The lowest BCUT2D eigenvalue weighted by Crippen LogP contribution is -2.27. The van der Waals surface area contributed by atoms with E-state index in [0.29, 0.717) is 13.0 Å². The predicted molar refractivity (Wildman–Crippen MR) is 75.6 cm³/mol. The number of nitrogens with one attached hydrogen (secondary N) is 1. The highest BCUT2D eigenvalue weighted by Gasteiger charge is 2.08. The minimum atomic E-state index is -0.393. The van der Waals surface area contributed by atoms with Gasteiger partial charge in [-0.1, -0.05) is 26.0 Å². The van der Waals surface area contributed by atoms with Gasteiger partial charge >= 0.3 is 0 Å². The number of carbonyl (C=O) groups is 1. The van der Waals surface area contributed by atoms with Gasteiger partial charge < -0.3 is 15.5 Å². The molecular weight excluding hydrogens is 242 g/mol. The second-order valence-electron chi connectivity index (χ2n) is 4.82. The van der Waals surface area contributed by atoms with Crippen LogP contribution in [0.5, 0.6) is 5.75 Å². The van der Waals surface area contributed by atoms with Gasteiger partial charge in [-0.15, -0.1) is 0 Å². The van der Waals surface area contributed by atoms with Gasteiger partial charge in [-0.05, 0) is 36.1 Å². The van der Waals surface area contributed by atoms with Crippen LogP contribution in [0.2, 0.25) is 0 Å². The SMILES string of the molecule is CC(C)C(O)CCNC(=O)C=Cc1cccc(O)c1. The maximum Gasteiger partial charge on any atom is 0.244 e. The summed E-state index contributed by atoms with van der Waals surface area (Å²) in [6.45, 7) is 4.32. The Morgan fingerprint density at radius 1 is 1.42 bits per heavy atom. The first-order valence-electron chi connectivity index (χ1n) is 6.42. The van der Waals surface area contributed by atoms with E-state index in [9.17, 15) is 15.0 Å². The van der Waals surface area contributed by atoms with Crippen molar-refractivity contribution in [2.24, 2.45) is 5.92 Å². The molecule has 1 amide bonds. The van der Waals surface area contributed by atoms with E-state index in [1.54, 1.807) is 30.3 Å². The van der Waals surface area contributed by atoms with E-state index in [4.69, 9.17) is 0 Å². The van der Waals surface area contributed by atoms with Crippen molar-refractivity contribution in [1.82, 2.24) is 5.32 Å². The Kier molecular flexibility index (Phi) is 6.09. The van der Waals surface area contributed by atoms with Crippen LogP contribution >= 0.6 is 0 Å². The van der Waals surface area contributed by atoms with E-state index in [2.05, 4.69) is 5.32 Å². The van der Waals surface area contributed by atoms with Crippen LogP contribution in [0.25, 0.3) is 6.08 Å². The summed E-state index contributed by atoms with van der Waals surface area (Å²) in [5.74, 6) is 0.154. The third-order valence-electron chi connectivity index (χ3n) is 2.81. The van der Waals surface area contributed by atoms with Gasteiger partial charge in [0.1, 0.15) is 5.75 Å². The minimum Gasteiger partial charge on any atom is -0.508 e. The standard InChI is InChI=1S/C15H21NO3/c1-11(2)14(18)8-9-16-15(19)7-6-12-4-3-5-13(17)10-12/h3-7,10-11,14,17-18H,8-9H2,1-2H3,(H,16,19). The van der Waals surface area contributed by atoms with Crippen LogP contribution < -0.4 is 5.32 Å². The average molecular weight is 263 g/mol. The van der Waals surface area contributed by atoms with E-state index in [1.165, 1.54) is 6.08 Å². The molecule has 1 aromatic carbocycles. The molecular formula is C15H21NO3. The number of phenolic OH excluding ortho intramolecular Hbond substituents is 1. The Hall–Kier alpha value is -1.81. The first kappa shape index (κ1) is 15.2. The molecule has 19 heavy (non-hydrogen) atoms. The molecule has 1 atom stereocenters. The lowest BCUT2D eigenvalue weighted by atomic mass is 10.0. The zero-order chi connectivity index (χ0) is 14.3. The van der Waals surface area contributed by atoms with Gasteiger partial charge in [-0.3, -0.25) is 4.79 Å². The smallest absolute Gasteiger partial charge is 0.244 e.